The standard InChI is InChI=1S/C13H14Br2O/c14-11-6-10(7-12(15)8-11)13(16)9-4-2-1-3-5-9/h6-9H,1-5H2. The molecule has 0 saturated heterocycles. The number of carbonyl (C=O) groups is 1. The number of hydrogen-bond donors (Lipinski definition) is 0. The number of halogens is 2. The minimum absolute atomic E-state index is 0.245. The van der Waals surface area contributed by atoms with Crippen molar-refractivity contribution >= 4 is 37.6 Å². The van der Waals surface area contributed by atoms with Crippen molar-refractivity contribution in [2.24, 2.45) is 5.92 Å². The molecule has 0 aromatic heterocycles. The van der Waals surface area contributed by atoms with Gasteiger partial charge in [-0.1, -0.05) is 51.1 Å². The molecule has 0 unspecified atom stereocenters. The Morgan fingerprint density at radius 1 is 1.00 bits per heavy atom. The molecule has 1 aliphatic carbocycles. The average molecular weight is 346 g/mol. The minimum atomic E-state index is 0.245. The van der Waals surface area contributed by atoms with E-state index in [0.29, 0.717) is 5.78 Å². The summed E-state index contributed by atoms with van der Waals surface area (Å²) in [4.78, 5) is 12.3. The molecule has 86 valence electrons. The summed E-state index contributed by atoms with van der Waals surface area (Å²) >= 11 is 6.85. The Morgan fingerprint density at radius 3 is 2.12 bits per heavy atom. The first-order valence-electron chi connectivity index (χ1n) is 5.67. The van der Waals surface area contributed by atoms with Gasteiger partial charge >= 0.3 is 0 Å². The molecule has 0 spiro atoms. The summed E-state index contributed by atoms with van der Waals surface area (Å²) in [7, 11) is 0. The van der Waals surface area contributed by atoms with Crippen LogP contribution in [0.2, 0.25) is 0 Å². The summed E-state index contributed by atoms with van der Waals surface area (Å²) in [5.74, 6) is 0.552. The molecule has 0 atom stereocenters. The molecule has 16 heavy (non-hydrogen) atoms. The van der Waals surface area contributed by atoms with E-state index < -0.39 is 0 Å². The van der Waals surface area contributed by atoms with E-state index >= 15 is 0 Å². The first-order valence-corrected chi connectivity index (χ1v) is 7.26. The second-order valence-corrected chi connectivity index (χ2v) is 6.19. The number of benzene rings is 1. The van der Waals surface area contributed by atoms with E-state index in [1.54, 1.807) is 0 Å². The van der Waals surface area contributed by atoms with Crippen molar-refractivity contribution in [3.05, 3.63) is 32.7 Å². The van der Waals surface area contributed by atoms with Gasteiger partial charge in [0.05, 0.1) is 0 Å². The van der Waals surface area contributed by atoms with Crippen molar-refractivity contribution in [2.45, 2.75) is 32.1 Å². The van der Waals surface area contributed by atoms with Gasteiger partial charge in [-0.3, -0.25) is 4.79 Å². The lowest BCUT2D eigenvalue weighted by atomic mass is 9.84. The highest BCUT2D eigenvalue weighted by molar-refractivity contribution is 9.11. The highest BCUT2D eigenvalue weighted by atomic mass is 79.9. The van der Waals surface area contributed by atoms with Crippen LogP contribution in [0.1, 0.15) is 42.5 Å². The Morgan fingerprint density at radius 2 is 1.56 bits per heavy atom. The number of carbonyl (C=O) groups excluding carboxylic acids is 1. The van der Waals surface area contributed by atoms with Gasteiger partial charge in [0.1, 0.15) is 0 Å². The summed E-state index contributed by atoms with van der Waals surface area (Å²) in [6, 6.07) is 5.79. The van der Waals surface area contributed by atoms with Crippen molar-refractivity contribution in [1.82, 2.24) is 0 Å². The van der Waals surface area contributed by atoms with Crippen LogP contribution in [0.25, 0.3) is 0 Å². The van der Waals surface area contributed by atoms with E-state index in [4.69, 9.17) is 0 Å². The minimum Gasteiger partial charge on any atom is -0.294 e. The van der Waals surface area contributed by atoms with E-state index in [0.717, 1.165) is 27.4 Å². The molecule has 1 aromatic rings. The maximum Gasteiger partial charge on any atom is 0.166 e. The first-order chi connectivity index (χ1) is 7.66. The van der Waals surface area contributed by atoms with Crippen molar-refractivity contribution in [1.29, 1.82) is 0 Å². The summed E-state index contributed by atoms with van der Waals surface area (Å²) < 4.78 is 1.92. The molecule has 1 aromatic carbocycles. The Kier molecular flexibility index (Phi) is 4.20. The molecular formula is C13H14Br2O. The lowest BCUT2D eigenvalue weighted by Crippen LogP contribution is -2.17. The maximum atomic E-state index is 12.3. The van der Waals surface area contributed by atoms with Crippen molar-refractivity contribution < 1.29 is 4.79 Å². The fourth-order valence-electron chi connectivity index (χ4n) is 2.30. The SMILES string of the molecule is O=C(c1cc(Br)cc(Br)c1)C1CCCCC1. The summed E-state index contributed by atoms with van der Waals surface area (Å²) in [6.07, 6.45) is 5.80. The number of Topliss-reactive ketones (excluding diaryl/α,β-unsaturated/α-hetero) is 1. The topological polar surface area (TPSA) is 17.1 Å². The molecular weight excluding hydrogens is 332 g/mol. The number of rotatable bonds is 2. The molecule has 1 fully saturated rings. The summed E-state index contributed by atoms with van der Waals surface area (Å²) in [6.45, 7) is 0. The van der Waals surface area contributed by atoms with Crippen LogP contribution in [0.15, 0.2) is 27.1 Å². The lowest BCUT2D eigenvalue weighted by Gasteiger charge is -2.20. The van der Waals surface area contributed by atoms with Crippen LogP contribution < -0.4 is 0 Å². The van der Waals surface area contributed by atoms with Gasteiger partial charge in [0.2, 0.25) is 0 Å². The van der Waals surface area contributed by atoms with Gasteiger partial charge in [-0.05, 0) is 31.0 Å². The highest BCUT2D eigenvalue weighted by Gasteiger charge is 2.22. The van der Waals surface area contributed by atoms with Crippen LogP contribution in [0.5, 0.6) is 0 Å². The van der Waals surface area contributed by atoms with Gasteiger partial charge in [-0.25, -0.2) is 0 Å². The van der Waals surface area contributed by atoms with Crippen LogP contribution in [-0.4, -0.2) is 5.78 Å². The van der Waals surface area contributed by atoms with Crippen molar-refractivity contribution in [3.8, 4) is 0 Å². The fraction of sp³-hybridized carbons (Fsp3) is 0.462. The molecule has 1 saturated carbocycles. The molecule has 0 aliphatic heterocycles. The van der Waals surface area contributed by atoms with Gasteiger partial charge in [-0.15, -0.1) is 0 Å². The molecule has 1 aliphatic rings. The summed E-state index contributed by atoms with van der Waals surface area (Å²) in [5.41, 5.74) is 0.827. The van der Waals surface area contributed by atoms with Crippen molar-refractivity contribution in [2.75, 3.05) is 0 Å². The Labute approximate surface area is 113 Å². The second kappa shape index (κ2) is 5.46. The third-order valence-electron chi connectivity index (χ3n) is 3.12. The van der Waals surface area contributed by atoms with Crippen LogP contribution in [-0.2, 0) is 0 Å². The number of ketones is 1. The van der Waals surface area contributed by atoms with Crippen LogP contribution in [0, 0.1) is 5.92 Å². The Balaban J connectivity index is 2.19. The monoisotopic (exact) mass is 344 g/mol. The first kappa shape index (κ1) is 12.3. The average Bonchev–Trinajstić information content (AvgIpc) is 2.28. The molecule has 0 radical (unpaired) electrons. The predicted octanol–water partition coefficient (Wildman–Crippen LogP) is 4.97. The Hall–Kier alpha value is -0.150. The lowest BCUT2D eigenvalue weighted by molar-refractivity contribution is 0.0889. The van der Waals surface area contributed by atoms with Crippen LogP contribution in [0.4, 0.5) is 0 Å². The third-order valence-corrected chi connectivity index (χ3v) is 4.04. The van der Waals surface area contributed by atoms with Gasteiger partial charge in [0.25, 0.3) is 0 Å². The third kappa shape index (κ3) is 2.95. The van der Waals surface area contributed by atoms with Gasteiger partial charge in [0.15, 0.2) is 5.78 Å². The molecule has 0 bridgehead atoms. The van der Waals surface area contributed by atoms with Gasteiger partial charge in [-0.2, -0.15) is 0 Å². The zero-order valence-corrected chi connectivity index (χ0v) is 12.2. The molecule has 2 rings (SSSR count). The van der Waals surface area contributed by atoms with E-state index in [1.165, 1.54) is 19.3 Å². The zero-order chi connectivity index (χ0) is 11.5. The molecule has 3 heteroatoms. The van der Waals surface area contributed by atoms with Crippen LogP contribution >= 0.6 is 31.9 Å². The normalized spacial score (nSPS) is 17.4. The largest absolute Gasteiger partial charge is 0.294 e. The fourth-order valence-corrected chi connectivity index (χ4v) is 3.59. The van der Waals surface area contributed by atoms with E-state index in [1.807, 2.05) is 18.2 Å². The van der Waals surface area contributed by atoms with Gasteiger partial charge in [0, 0.05) is 20.4 Å². The zero-order valence-electron chi connectivity index (χ0n) is 9.01. The van der Waals surface area contributed by atoms with Crippen molar-refractivity contribution in [3.63, 3.8) is 0 Å². The van der Waals surface area contributed by atoms with E-state index in [9.17, 15) is 4.79 Å². The quantitative estimate of drug-likeness (QED) is 0.691. The Bertz CT molecular complexity index is 375. The molecule has 0 heterocycles. The molecule has 0 N–H and O–H groups in total. The predicted molar refractivity (Wildman–Crippen MR) is 72.7 cm³/mol. The van der Waals surface area contributed by atoms with E-state index in [2.05, 4.69) is 31.9 Å². The maximum absolute atomic E-state index is 12.3. The number of hydrogen-bond acceptors (Lipinski definition) is 1. The smallest absolute Gasteiger partial charge is 0.166 e. The molecule has 1 nitrogen and oxygen atoms in total. The van der Waals surface area contributed by atoms with Crippen LogP contribution in [0.3, 0.4) is 0 Å². The highest BCUT2D eigenvalue weighted by Crippen LogP contribution is 2.29. The van der Waals surface area contributed by atoms with Gasteiger partial charge < -0.3 is 0 Å². The summed E-state index contributed by atoms with van der Waals surface area (Å²) in [5, 5.41) is 0. The van der Waals surface area contributed by atoms with E-state index in [-0.39, 0.29) is 5.92 Å². The molecule has 0 amide bonds. The second-order valence-electron chi connectivity index (χ2n) is 4.36.